The average Bonchev–Trinajstić information content (AvgIpc) is 2.47. The highest BCUT2D eigenvalue weighted by molar-refractivity contribution is 7.86. The number of amides is 1. The van der Waals surface area contributed by atoms with E-state index in [1.807, 2.05) is 24.3 Å². The summed E-state index contributed by atoms with van der Waals surface area (Å²) < 4.78 is 24.0. The Morgan fingerprint density at radius 3 is 2.09 bits per heavy atom. The molecule has 1 aliphatic heterocycles. The van der Waals surface area contributed by atoms with Crippen LogP contribution in [0.15, 0.2) is 24.3 Å². The minimum Gasteiger partial charge on any atom is -0.339 e. The molecule has 8 heteroatoms. The molecule has 1 saturated carbocycles. The Labute approximate surface area is 141 Å². The fourth-order valence-corrected chi connectivity index (χ4v) is 4.17. The summed E-state index contributed by atoms with van der Waals surface area (Å²) in [5.74, 6) is 0.0835. The van der Waals surface area contributed by atoms with Gasteiger partial charge in [-0.3, -0.25) is 4.79 Å². The zero-order valence-corrected chi connectivity index (χ0v) is 14.3. The van der Waals surface area contributed by atoms with Crippen molar-refractivity contribution in [1.29, 1.82) is 0 Å². The summed E-state index contributed by atoms with van der Waals surface area (Å²) in [6, 6.07) is 7.45. The van der Waals surface area contributed by atoms with Crippen LogP contribution in [0.1, 0.15) is 24.8 Å². The van der Waals surface area contributed by atoms with E-state index >= 15 is 0 Å². The fraction of sp³-hybridized carbons (Fsp3) is 0.533. The number of hydrogen-bond acceptors (Lipinski definition) is 3. The van der Waals surface area contributed by atoms with Gasteiger partial charge in [-0.25, -0.2) is 5.14 Å². The zero-order chi connectivity index (χ0) is 16.7. The maximum atomic E-state index is 13.0. The van der Waals surface area contributed by atoms with Gasteiger partial charge in [0.25, 0.3) is 10.2 Å². The molecule has 0 aromatic heterocycles. The van der Waals surface area contributed by atoms with Crippen molar-refractivity contribution in [3.63, 3.8) is 0 Å². The second kappa shape index (κ2) is 6.05. The van der Waals surface area contributed by atoms with E-state index in [0.29, 0.717) is 18.1 Å². The van der Waals surface area contributed by atoms with Crippen LogP contribution in [-0.2, 0) is 20.4 Å². The molecule has 0 atom stereocenters. The van der Waals surface area contributed by atoms with Gasteiger partial charge in [0.05, 0.1) is 5.41 Å². The minimum absolute atomic E-state index is 0.0835. The first-order valence-corrected chi connectivity index (χ1v) is 9.54. The first-order chi connectivity index (χ1) is 10.8. The predicted molar refractivity (Wildman–Crippen MR) is 88.2 cm³/mol. The van der Waals surface area contributed by atoms with Crippen molar-refractivity contribution in [3.8, 4) is 0 Å². The molecule has 23 heavy (non-hydrogen) atoms. The van der Waals surface area contributed by atoms with Gasteiger partial charge < -0.3 is 4.90 Å². The van der Waals surface area contributed by atoms with Crippen molar-refractivity contribution in [2.45, 2.75) is 24.7 Å². The normalized spacial score (nSPS) is 21.7. The Bertz CT molecular complexity index is 693. The highest BCUT2D eigenvalue weighted by atomic mass is 35.5. The number of piperazine rings is 1. The average molecular weight is 358 g/mol. The third-order valence-electron chi connectivity index (χ3n) is 4.90. The van der Waals surface area contributed by atoms with Gasteiger partial charge in [0.1, 0.15) is 0 Å². The van der Waals surface area contributed by atoms with Crippen molar-refractivity contribution >= 4 is 27.7 Å². The van der Waals surface area contributed by atoms with E-state index in [4.69, 9.17) is 16.7 Å². The lowest BCUT2D eigenvalue weighted by atomic mass is 9.63. The summed E-state index contributed by atoms with van der Waals surface area (Å²) in [5.41, 5.74) is 0.515. The second-order valence-corrected chi connectivity index (χ2v) is 8.16. The summed E-state index contributed by atoms with van der Waals surface area (Å²) in [7, 11) is -3.68. The molecule has 1 heterocycles. The number of rotatable bonds is 3. The van der Waals surface area contributed by atoms with Crippen LogP contribution in [0.4, 0.5) is 0 Å². The SMILES string of the molecule is NS(=O)(=O)N1CCN(C(=O)C2(c3ccc(Cl)cc3)CCC2)CC1. The van der Waals surface area contributed by atoms with E-state index in [9.17, 15) is 13.2 Å². The highest BCUT2D eigenvalue weighted by Crippen LogP contribution is 2.45. The molecule has 0 unspecified atom stereocenters. The van der Waals surface area contributed by atoms with Gasteiger partial charge in [0, 0.05) is 31.2 Å². The van der Waals surface area contributed by atoms with Crippen molar-refractivity contribution in [3.05, 3.63) is 34.9 Å². The summed E-state index contributed by atoms with van der Waals surface area (Å²) in [4.78, 5) is 14.8. The van der Waals surface area contributed by atoms with Crippen molar-refractivity contribution < 1.29 is 13.2 Å². The quantitative estimate of drug-likeness (QED) is 0.879. The lowest BCUT2D eigenvalue weighted by Gasteiger charge is -2.45. The van der Waals surface area contributed by atoms with Crippen LogP contribution >= 0.6 is 11.6 Å². The van der Waals surface area contributed by atoms with Crippen LogP contribution in [0.5, 0.6) is 0 Å². The third kappa shape index (κ3) is 3.10. The summed E-state index contributed by atoms with van der Waals surface area (Å²) in [6.45, 7) is 1.26. The molecule has 1 amide bonds. The number of nitrogens with zero attached hydrogens (tertiary/aromatic N) is 2. The number of halogens is 1. The van der Waals surface area contributed by atoms with Crippen LogP contribution < -0.4 is 5.14 Å². The predicted octanol–water partition coefficient (Wildman–Crippen LogP) is 1.11. The van der Waals surface area contributed by atoms with Crippen LogP contribution in [0, 0.1) is 0 Å². The van der Waals surface area contributed by atoms with E-state index in [-0.39, 0.29) is 19.0 Å². The fourth-order valence-electron chi connectivity index (χ4n) is 3.37. The first-order valence-electron chi connectivity index (χ1n) is 7.66. The lowest BCUT2D eigenvalue weighted by molar-refractivity contribution is -0.142. The van der Waals surface area contributed by atoms with Gasteiger partial charge in [-0.05, 0) is 30.5 Å². The Kier molecular flexibility index (Phi) is 4.39. The molecule has 2 N–H and O–H groups in total. The number of hydrogen-bond donors (Lipinski definition) is 1. The van der Waals surface area contributed by atoms with Crippen LogP contribution in [0.2, 0.25) is 5.02 Å². The van der Waals surface area contributed by atoms with Gasteiger partial charge in [-0.2, -0.15) is 12.7 Å². The molecular formula is C15H20ClN3O3S. The number of nitrogens with two attached hydrogens (primary N) is 1. The molecule has 6 nitrogen and oxygen atoms in total. The Hall–Kier alpha value is -1.15. The molecule has 1 aliphatic carbocycles. The topological polar surface area (TPSA) is 83.7 Å². The van der Waals surface area contributed by atoms with Gasteiger partial charge in [-0.1, -0.05) is 30.2 Å². The molecule has 1 aromatic rings. The smallest absolute Gasteiger partial charge is 0.277 e. The summed E-state index contributed by atoms with van der Waals surface area (Å²) in [6.07, 6.45) is 2.66. The Morgan fingerprint density at radius 1 is 1.09 bits per heavy atom. The van der Waals surface area contributed by atoms with E-state index in [2.05, 4.69) is 0 Å². The maximum Gasteiger partial charge on any atom is 0.277 e. The number of carbonyl (C=O) groups is 1. The Morgan fingerprint density at radius 2 is 1.65 bits per heavy atom. The van der Waals surface area contributed by atoms with Gasteiger partial charge in [-0.15, -0.1) is 0 Å². The number of carbonyl (C=O) groups excluding carboxylic acids is 1. The van der Waals surface area contributed by atoms with E-state index in [1.165, 1.54) is 4.31 Å². The van der Waals surface area contributed by atoms with Crippen LogP contribution in [0.3, 0.4) is 0 Å². The van der Waals surface area contributed by atoms with Crippen LogP contribution in [-0.4, -0.2) is 49.7 Å². The van der Waals surface area contributed by atoms with E-state index < -0.39 is 15.6 Å². The van der Waals surface area contributed by atoms with Gasteiger partial charge in [0.2, 0.25) is 5.91 Å². The van der Waals surface area contributed by atoms with Gasteiger partial charge >= 0.3 is 0 Å². The minimum atomic E-state index is -3.68. The third-order valence-corrected chi connectivity index (χ3v) is 6.24. The van der Waals surface area contributed by atoms with Crippen LogP contribution in [0.25, 0.3) is 0 Å². The maximum absolute atomic E-state index is 13.0. The second-order valence-electron chi connectivity index (χ2n) is 6.18. The van der Waals surface area contributed by atoms with E-state index in [1.54, 1.807) is 4.90 Å². The standard InChI is InChI=1S/C15H20ClN3O3S/c16-13-4-2-12(3-5-13)15(6-1-7-15)14(20)18-8-10-19(11-9-18)23(17,21)22/h2-5H,1,6-11H2,(H2,17,21,22). The molecule has 3 rings (SSSR count). The zero-order valence-electron chi connectivity index (χ0n) is 12.7. The summed E-state index contributed by atoms with van der Waals surface area (Å²) in [5, 5.41) is 5.79. The van der Waals surface area contributed by atoms with Crippen molar-refractivity contribution in [2.24, 2.45) is 5.14 Å². The number of benzene rings is 1. The molecule has 2 aliphatic rings. The van der Waals surface area contributed by atoms with Crippen molar-refractivity contribution in [1.82, 2.24) is 9.21 Å². The molecule has 0 bridgehead atoms. The lowest BCUT2D eigenvalue weighted by Crippen LogP contribution is -2.58. The Balaban J connectivity index is 1.75. The highest BCUT2D eigenvalue weighted by Gasteiger charge is 2.48. The molecule has 0 spiro atoms. The van der Waals surface area contributed by atoms with E-state index in [0.717, 1.165) is 24.8 Å². The molecular weight excluding hydrogens is 338 g/mol. The monoisotopic (exact) mass is 357 g/mol. The van der Waals surface area contributed by atoms with Gasteiger partial charge in [0.15, 0.2) is 0 Å². The molecule has 2 fully saturated rings. The molecule has 126 valence electrons. The largest absolute Gasteiger partial charge is 0.339 e. The summed E-state index contributed by atoms with van der Waals surface area (Å²) >= 11 is 5.94. The van der Waals surface area contributed by atoms with Crippen molar-refractivity contribution in [2.75, 3.05) is 26.2 Å². The first kappa shape index (κ1) is 16.7. The molecule has 1 aromatic carbocycles. The molecule has 0 radical (unpaired) electrons. The molecule has 1 saturated heterocycles.